The van der Waals surface area contributed by atoms with E-state index in [0.717, 1.165) is 11.9 Å². The first-order valence-corrected chi connectivity index (χ1v) is 4.16. The number of carbonyl (C=O) groups is 1. The molecule has 0 atom stereocenters. The molecule has 0 aliphatic rings. The summed E-state index contributed by atoms with van der Waals surface area (Å²) in [6.07, 6.45) is 1.08. The molecule has 1 N–H and O–H groups in total. The second-order valence-corrected chi connectivity index (χ2v) is 2.76. The van der Waals surface area contributed by atoms with Crippen molar-refractivity contribution in [3.63, 3.8) is 0 Å². The van der Waals surface area contributed by atoms with Crippen molar-refractivity contribution < 1.29 is 9.53 Å². The van der Waals surface area contributed by atoms with Gasteiger partial charge >= 0.3 is 5.97 Å². The predicted molar refractivity (Wildman–Crippen MR) is 55.3 cm³/mol. The largest absolute Gasteiger partial charge is 0.465 e. The summed E-state index contributed by atoms with van der Waals surface area (Å²) in [5.74, 6) is -0.482. The van der Waals surface area contributed by atoms with Crippen molar-refractivity contribution in [3.05, 3.63) is 29.8 Å². The number of nitrogens with one attached hydrogen (secondary N) is 1. The number of anilines is 1. The van der Waals surface area contributed by atoms with E-state index in [-0.39, 0.29) is 0 Å². The average Bonchev–Trinajstić information content (AvgIpc) is 2.21. The fraction of sp³-hybridized carbons (Fsp3) is 0.200. The molecule has 0 unspecified atom stereocenters. The highest BCUT2D eigenvalue weighted by atomic mass is 16.5. The number of esters is 1. The summed E-state index contributed by atoms with van der Waals surface area (Å²) < 4.78 is 4.38. The fourth-order valence-corrected chi connectivity index (χ4v) is 0.840. The lowest BCUT2D eigenvalue weighted by Crippen LogP contribution is -2.02. The zero-order chi connectivity index (χ0) is 10.4. The molecule has 0 amide bonds. The van der Waals surface area contributed by atoms with Gasteiger partial charge in [0, 0.05) is 0 Å². The SMILES string of the molecule is COC(=O)/C=N/Nc1ccc(C)cc1. The molecule has 0 saturated heterocycles. The lowest BCUT2D eigenvalue weighted by Gasteiger charge is -1.99. The molecule has 0 fully saturated rings. The van der Waals surface area contributed by atoms with Gasteiger partial charge < -0.3 is 4.74 Å². The third-order valence-electron chi connectivity index (χ3n) is 1.62. The van der Waals surface area contributed by atoms with Gasteiger partial charge in [-0.1, -0.05) is 17.7 Å². The van der Waals surface area contributed by atoms with Gasteiger partial charge in [0.15, 0.2) is 0 Å². The molecule has 4 heteroatoms. The minimum absolute atomic E-state index is 0.482. The van der Waals surface area contributed by atoms with Gasteiger partial charge in [0.25, 0.3) is 0 Å². The van der Waals surface area contributed by atoms with Crippen LogP contribution in [0.15, 0.2) is 29.4 Å². The number of carbonyl (C=O) groups excluding carboxylic acids is 1. The Kier molecular flexibility index (Phi) is 3.67. The van der Waals surface area contributed by atoms with Crippen LogP contribution in [0, 0.1) is 6.92 Å². The number of nitrogens with zero attached hydrogens (tertiary/aromatic N) is 1. The molecule has 0 radical (unpaired) electrons. The molecule has 4 nitrogen and oxygen atoms in total. The Labute approximate surface area is 82.6 Å². The maximum atomic E-state index is 10.6. The average molecular weight is 192 g/mol. The number of hydrogen-bond donors (Lipinski definition) is 1. The molecule has 0 saturated carbocycles. The highest BCUT2D eigenvalue weighted by Gasteiger charge is 1.91. The Balaban J connectivity index is 2.49. The lowest BCUT2D eigenvalue weighted by molar-refractivity contribution is -0.132. The van der Waals surface area contributed by atoms with E-state index in [9.17, 15) is 4.79 Å². The molecule has 0 spiro atoms. The summed E-state index contributed by atoms with van der Waals surface area (Å²) in [7, 11) is 1.31. The molecule has 1 rings (SSSR count). The second kappa shape index (κ2) is 5.01. The highest BCUT2D eigenvalue weighted by molar-refractivity contribution is 6.23. The van der Waals surface area contributed by atoms with Crippen molar-refractivity contribution in [1.29, 1.82) is 0 Å². The van der Waals surface area contributed by atoms with Crippen molar-refractivity contribution in [2.75, 3.05) is 12.5 Å². The minimum Gasteiger partial charge on any atom is -0.465 e. The first-order valence-electron chi connectivity index (χ1n) is 4.16. The van der Waals surface area contributed by atoms with Crippen molar-refractivity contribution in [3.8, 4) is 0 Å². The quantitative estimate of drug-likeness (QED) is 0.449. The number of rotatable bonds is 3. The van der Waals surface area contributed by atoms with Crippen molar-refractivity contribution in [2.24, 2.45) is 5.10 Å². The van der Waals surface area contributed by atoms with Crippen LogP contribution < -0.4 is 5.43 Å². The molecular weight excluding hydrogens is 180 g/mol. The number of hydrazone groups is 1. The zero-order valence-electron chi connectivity index (χ0n) is 8.15. The van der Waals surface area contributed by atoms with Crippen LogP contribution in [0.25, 0.3) is 0 Å². The van der Waals surface area contributed by atoms with E-state index in [2.05, 4.69) is 15.3 Å². The topological polar surface area (TPSA) is 50.7 Å². The number of ether oxygens (including phenoxy) is 1. The summed E-state index contributed by atoms with van der Waals surface area (Å²) in [5, 5.41) is 3.69. The maximum absolute atomic E-state index is 10.6. The Morgan fingerprint density at radius 2 is 2.07 bits per heavy atom. The number of hydrogen-bond acceptors (Lipinski definition) is 4. The number of methoxy groups -OCH3 is 1. The molecule has 0 heterocycles. The normalized spacial score (nSPS) is 10.1. The van der Waals surface area contributed by atoms with E-state index >= 15 is 0 Å². The van der Waals surface area contributed by atoms with Crippen molar-refractivity contribution in [2.45, 2.75) is 6.92 Å². The molecule has 0 aliphatic heterocycles. The third-order valence-corrected chi connectivity index (χ3v) is 1.62. The molecule has 1 aromatic carbocycles. The van der Waals surface area contributed by atoms with Gasteiger partial charge in [-0.15, -0.1) is 0 Å². The fourth-order valence-electron chi connectivity index (χ4n) is 0.840. The van der Waals surface area contributed by atoms with Crippen LogP contribution in [0.3, 0.4) is 0 Å². The molecule has 74 valence electrons. The van der Waals surface area contributed by atoms with Crippen LogP contribution >= 0.6 is 0 Å². The molecule has 0 aromatic heterocycles. The van der Waals surface area contributed by atoms with Gasteiger partial charge in [0.05, 0.1) is 12.8 Å². The zero-order valence-corrected chi connectivity index (χ0v) is 8.15. The molecule has 14 heavy (non-hydrogen) atoms. The van der Waals surface area contributed by atoms with E-state index < -0.39 is 5.97 Å². The first-order chi connectivity index (χ1) is 6.72. The van der Waals surface area contributed by atoms with Gasteiger partial charge in [-0.3, -0.25) is 5.43 Å². The van der Waals surface area contributed by atoms with Crippen LogP contribution in [0.2, 0.25) is 0 Å². The van der Waals surface area contributed by atoms with Gasteiger partial charge in [0.2, 0.25) is 0 Å². The highest BCUT2D eigenvalue weighted by Crippen LogP contribution is 2.07. The van der Waals surface area contributed by atoms with E-state index in [4.69, 9.17) is 0 Å². The Morgan fingerprint density at radius 3 is 2.64 bits per heavy atom. The minimum atomic E-state index is -0.482. The van der Waals surface area contributed by atoms with Crippen LogP contribution in [0.1, 0.15) is 5.56 Å². The molecule has 0 bridgehead atoms. The first kappa shape index (κ1) is 10.2. The molecule has 0 aliphatic carbocycles. The lowest BCUT2D eigenvalue weighted by atomic mass is 10.2. The predicted octanol–water partition coefficient (Wildman–Crippen LogP) is 1.57. The van der Waals surface area contributed by atoms with Crippen LogP contribution in [-0.4, -0.2) is 19.3 Å². The summed E-state index contributed by atoms with van der Waals surface area (Å²) in [6.45, 7) is 2.00. The molecule has 1 aromatic rings. The van der Waals surface area contributed by atoms with Gasteiger partial charge in [-0.05, 0) is 19.1 Å². The van der Waals surface area contributed by atoms with E-state index in [1.165, 1.54) is 12.7 Å². The molecular formula is C10H12N2O2. The summed E-state index contributed by atoms with van der Waals surface area (Å²) >= 11 is 0. The van der Waals surface area contributed by atoms with Crippen molar-refractivity contribution in [1.82, 2.24) is 0 Å². The third kappa shape index (κ3) is 3.26. The van der Waals surface area contributed by atoms with E-state index in [1.807, 2.05) is 31.2 Å². The Morgan fingerprint density at radius 1 is 1.43 bits per heavy atom. The summed E-state index contributed by atoms with van der Waals surface area (Å²) in [5.41, 5.74) is 4.71. The standard InChI is InChI=1S/C10H12N2O2/c1-8-3-5-9(6-4-8)12-11-7-10(13)14-2/h3-7,12H,1-2H3/b11-7+. The monoisotopic (exact) mass is 192 g/mol. The smallest absolute Gasteiger partial charge is 0.350 e. The Hall–Kier alpha value is -1.84. The second-order valence-electron chi connectivity index (χ2n) is 2.76. The number of benzene rings is 1. The maximum Gasteiger partial charge on any atom is 0.350 e. The van der Waals surface area contributed by atoms with Crippen molar-refractivity contribution >= 4 is 17.9 Å². The van der Waals surface area contributed by atoms with Crippen LogP contribution in [0.4, 0.5) is 5.69 Å². The van der Waals surface area contributed by atoms with E-state index in [0.29, 0.717) is 0 Å². The van der Waals surface area contributed by atoms with Gasteiger partial charge in [-0.2, -0.15) is 5.10 Å². The summed E-state index contributed by atoms with van der Waals surface area (Å²) in [4.78, 5) is 10.6. The number of aryl methyl sites for hydroxylation is 1. The van der Waals surface area contributed by atoms with Gasteiger partial charge in [-0.25, -0.2) is 4.79 Å². The summed E-state index contributed by atoms with van der Waals surface area (Å²) in [6, 6.07) is 7.67. The van der Waals surface area contributed by atoms with Crippen LogP contribution in [-0.2, 0) is 9.53 Å². The van der Waals surface area contributed by atoms with E-state index in [1.54, 1.807) is 0 Å². The Bertz CT molecular complexity index is 330. The van der Waals surface area contributed by atoms with Gasteiger partial charge in [0.1, 0.15) is 6.21 Å². The van der Waals surface area contributed by atoms with Crippen LogP contribution in [0.5, 0.6) is 0 Å².